The molecule has 0 unspecified atom stereocenters. The average Bonchev–Trinajstić information content (AvgIpc) is 2.57. The van der Waals surface area contributed by atoms with Crippen LogP contribution in [0, 0.1) is 13.8 Å². The summed E-state index contributed by atoms with van der Waals surface area (Å²) in [6, 6.07) is 8.83. The fourth-order valence-corrected chi connectivity index (χ4v) is 6.37. The second-order valence-corrected chi connectivity index (χ2v) is 10.2. The number of rotatable bonds is 6. The molecule has 2 rings (SSSR count). The van der Waals surface area contributed by atoms with Crippen LogP contribution in [0.4, 0.5) is 0 Å². The largest absolute Gasteiger partial charge is 0.243 e. The highest BCUT2D eigenvalue weighted by molar-refractivity contribution is 7.91. The number of sulfone groups is 1. The molecule has 26 heavy (non-hydrogen) atoms. The van der Waals surface area contributed by atoms with Gasteiger partial charge in [0.1, 0.15) is 0 Å². The molecule has 0 spiro atoms. The molecule has 142 valence electrons. The van der Waals surface area contributed by atoms with Crippen LogP contribution >= 0.6 is 11.6 Å². The van der Waals surface area contributed by atoms with Gasteiger partial charge in [0, 0.05) is 18.1 Å². The molecule has 0 aliphatic rings. The Morgan fingerprint density at radius 3 is 1.88 bits per heavy atom. The van der Waals surface area contributed by atoms with Gasteiger partial charge in [0.15, 0.2) is 0 Å². The van der Waals surface area contributed by atoms with Crippen LogP contribution in [0.1, 0.15) is 25.0 Å². The molecular formula is C18H22ClNO4S2. The average molecular weight is 416 g/mol. The molecule has 0 saturated carbocycles. The third-order valence-electron chi connectivity index (χ3n) is 4.19. The first kappa shape index (κ1) is 20.9. The van der Waals surface area contributed by atoms with Crippen molar-refractivity contribution in [2.45, 2.75) is 42.4 Å². The molecule has 0 heterocycles. The lowest BCUT2D eigenvalue weighted by Crippen LogP contribution is -2.31. The second-order valence-electron chi connectivity index (χ2n) is 5.93. The number of aryl methyl sites for hydroxylation is 1. The maximum Gasteiger partial charge on any atom is 0.243 e. The first-order chi connectivity index (χ1) is 12.1. The van der Waals surface area contributed by atoms with Crippen LogP contribution in [0.15, 0.2) is 51.1 Å². The van der Waals surface area contributed by atoms with Crippen LogP contribution in [0.5, 0.6) is 0 Å². The van der Waals surface area contributed by atoms with Gasteiger partial charge in [-0.2, -0.15) is 4.31 Å². The van der Waals surface area contributed by atoms with Gasteiger partial charge >= 0.3 is 0 Å². The molecule has 2 aromatic rings. The van der Waals surface area contributed by atoms with Crippen molar-refractivity contribution in [3.05, 3.63) is 52.5 Å². The molecule has 0 aliphatic heterocycles. The van der Waals surface area contributed by atoms with Crippen molar-refractivity contribution < 1.29 is 16.8 Å². The van der Waals surface area contributed by atoms with Crippen LogP contribution in [0.3, 0.4) is 0 Å². The Balaban J connectivity index is 2.73. The zero-order chi connectivity index (χ0) is 19.7. The topological polar surface area (TPSA) is 71.5 Å². The SMILES string of the molecule is CCN(CC)S(=O)(=O)c1cc(C)cc(S(=O)(=O)c2ccc(Cl)cc2)c1C. The van der Waals surface area contributed by atoms with Crippen molar-refractivity contribution in [3.8, 4) is 0 Å². The number of benzene rings is 2. The summed E-state index contributed by atoms with van der Waals surface area (Å²) < 4.78 is 53.3. The molecular weight excluding hydrogens is 394 g/mol. The fraction of sp³-hybridized carbons (Fsp3) is 0.333. The van der Waals surface area contributed by atoms with E-state index in [9.17, 15) is 16.8 Å². The van der Waals surface area contributed by atoms with E-state index in [1.54, 1.807) is 20.8 Å². The third-order valence-corrected chi connectivity index (χ3v) is 8.52. The highest BCUT2D eigenvalue weighted by Crippen LogP contribution is 2.31. The molecule has 0 bridgehead atoms. The van der Waals surface area contributed by atoms with Gasteiger partial charge in [0.2, 0.25) is 19.9 Å². The van der Waals surface area contributed by atoms with Crippen LogP contribution < -0.4 is 0 Å². The van der Waals surface area contributed by atoms with Gasteiger partial charge in [0.05, 0.1) is 14.7 Å². The standard InChI is InChI=1S/C18H22ClNO4S2/c1-5-20(6-2)26(23,24)18-12-13(3)11-17(14(18)4)25(21,22)16-9-7-15(19)8-10-16/h7-12H,5-6H2,1-4H3. The van der Waals surface area contributed by atoms with Crippen LogP contribution in [-0.2, 0) is 19.9 Å². The van der Waals surface area contributed by atoms with Crippen molar-refractivity contribution in [2.75, 3.05) is 13.1 Å². The lowest BCUT2D eigenvalue weighted by atomic mass is 10.2. The lowest BCUT2D eigenvalue weighted by molar-refractivity contribution is 0.444. The van der Waals surface area contributed by atoms with Gasteiger partial charge in [-0.1, -0.05) is 25.4 Å². The zero-order valence-electron chi connectivity index (χ0n) is 15.2. The van der Waals surface area contributed by atoms with Crippen molar-refractivity contribution in [1.82, 2.24) is 4.31 Å². The Kier molecular flexibility index (Phi) is 6.17. The summed E-state index contributed by atoms with van der Waals surface area (Å²) in [5.41, 5.74) is 0.784. The van der Waals surface area contributed by atoms with E-state index in [2.05, 4.69) is 0 Å². The molecule has 8 heteroatoms. The summed E-state index contributed by atoms with van der Waals surface area (Å²) in [6.07, 6.45) is 0. The number of hydrogen-bond donors (Lipinski definition) is 0. The summed E-state index contributed by atoms with van der Waals surface area (Å²) in [6.45, 7) is 7.33. The van der Waals surface area contributed by atoms with Gasteiger partial charge in [-0.3, -0.25) is 0 Å². The molecule has 0 fully saturated rings. The summed E-state index contributed by atoms with van der Waals surface area (Å²) >= 11 is 5.84. The van der Waals surface area contributed by atoms with E-state index in [1.165, 1.54) is 47.6 Å². The minimum atomic E-state index is -3.87. The van der Waals surface area contributed by atoms with Crippen molar-refractivity contribution in [3.63, 3.8) is 0 Å². The van der Waals surface area contributed by atoms with Crippen LogP contribution in [0.25, 0.3) is 0 Å². The van der Waals surface area contributed by atoms with E-state index in [1.807, 2.05) is 0 Å². The fourth-order valence-electron chi connectivity index (χ4n) is 2.78. The highest BCUT2D eigenvalue weighted by atomic mass is 35.5. The minimum Gasteiger partial charge on any atom is -0.219 e. The van der Waals surface area contributed by atoms with Crippen LogP contribution in [0.2, 0.25) is 5.02 Å². The number of nitrogens with zero attached hydrogens (tertiary/aromatic N) is 1. The van der Waals surface area contributed by atoms with E-state index in [0.29, 0.717) is 23.7 Å². The number of halogens is 1. The number of hydrogen-bond acceptors (Lipinski definition) is 4. The van der Waals surface area contributed by atoms with E-state index in [4.69, 9.17) is 11.6 Å². The lowest BCUT2D eigenvalue weighted by Gasteiger charge is -2.21. The Bertz CT molecular complexity index is 1010. The molecule has 0 atom stereocenters. The highest BCUT2D eigenvalue weighted by Gasteiger charge is 2.29. The first-order valence-electron chi connectivity index (χ1n) is 8.17. The molecule has 5 nitrogen and oxygen atoms in total. The van der Waals surface area contributed by atoms with E-state index in [-0.39, 0.29) is 20.2 Å². The molecule has 0 saturated heterocycles. The van der Waals surface area contributed by atoms with Gasteiger partial charge in [-0.25, -0.2) is 16.8 Å². The molecule has 0 radical (unpaired) electrons. The zero-order valence-corrected chi connectivity index (χ0v) is 17.5. The summed E-state index contributed by atoms with van der Waals surface area (Å²) in [5, 5.41) is 0.426. The normalized spacial score (nSPS) is 12.5. The molecule has 2 aromatic carbocycles. The molecule has 0 aromatic heterocycles. The predicted octanol–water partition coefficient (Wildman–Crippen LogP) is 3.82. The van der Waals surface area contributed by atoms with Gasteiger partial charge in [-0.05, 0) is 61.4 Å². The van der Waals surface area contributed by atoms with E-state index < -0.39 is 19.9 Å². The first-order valence-corrected chi connectivity index (χ1v) is 11.5. The Morgan fingerprint density at radius 1 is 0.885 bits per heavy atom. The molecule has 0 N–H and O–H groups in total. The van der Waals surface area contributed by atoms with E-state index in [0.717, 1.165) is 0 Å². The maximum absolute atomic E-state index is 13.1. The van der Waals surface area contributed by atoms with Crippen LogP contribution in [-0.4, -0.2) is 34.2 Å². The van der Waals surface area contributed by atoms with Gasteiger partial charge < -0.3 is 0 Å². The second kappa shape index (κ2) is 7.68. The Hall–Kier alpha value is -1.41. The van der Waals surface area contributed by atoms with Crippen molar-refractivity contribution in [2.24, 2.45) is 0 Å². The smallest absolute Gasteiger partial charge is 0.219 e. The summed E-state index contributed by atoms with van der Waals surface area (Å²) in [4.78, 5) is 0.0843. The minimum absolute atomic E-state index is 0.00875. The van der Waals surface area contributed by atoms with E-state index >= 15 is 0 Å². The monoisotopic (exact) mass is 415 g/mol. The maximum atomic E-state index is 13.1. The molecule has 0 aliphatic carbocycles. The van der Waals surface area contributed by atoms with Gasteiger partial charge in [-0.15, -0.1) is 0 Å². The molecule has 0 amide bonds. The quantitative estimate of drug-likeness (QED) is 0.718. The van der Waals surface area contributed by atoms with Crippen molar-refractivity contribution in [1.29, 1.82) is 0 Å². The number of sulfonamides is 1. The predicted molar refractivity (Wildman–Crippen MR) is 103 cm³/mol. The Morgan fingerprint density at radius 2 is 1.38 bits per heavy atom. The van der Waals surface area contributed by atoms with Crippen molar-refractivity contribution >= 4 is 31.5 Å². The third kappa shape index (κ3) is 3.81. The summed E-state index contributed by atoms with van der Waals surface area (Å²) in [5.74, 6) is 0. The summed E-state index contributed by atoms with van der Waals surface area (Å²) in [7, 11) is -7.65. The van der Waals surface area contributed by atoms with Gasteiger partial charge in [0.25, 0.3) is 0 Å². The Labute approximate surface area is 160 Å².